The molecule has 5 heteroatoms. The van der Waals surface area contributed by atoms with Crippen molar-refractivity contribution in [1.82, 2.24) is 10.2 Å². The van der Waals surface area contributed by atoms with E-state index in [4.69, 9.17) is 5.73 Å². The van der Waals surface area contributed by atoms with Crippen LogP contribution in [0.2, 0.25) is 0 Å². The lowest BCUT2D eigenvalue weighted by atomic mass is 10.1. The molecule has 3 N–H and O–H groups in total. The summed E-state index contributed by atoms with van der Waals surface area (Å²) in [6.45, 7) is 1.67. The summed E-state index contributed by atoms with van der Waals surface area (Å²) in [7, 11) is 2.05. The maximum atomic E-state index is 13.2. The van der Waals surface area contributed by atoms with E-state index in [1.807, 2.05) is 7.05 Å². The molecular weight excluding hydrogens is 233 g/mol. The topological polar surface area (TPSA) is 58.4 Å². The number of likely N-dealkylation sites (N-methyl/N-ethyl adjacent to an activating group) is 1. The maximum Gasteiger partial charge on any atom is 0.251 e. The van der Waals surface area contributed by atoms with Crippen LogP contribution in [0.4, 0.5) is 10.1 Å². The van der Waals surface area contributed by atoms with Gasteiger partial charge in [-0.3, -0.25) is 4.79 Å². The number of nitrogens with one attached hydrogen (secondary N) is 1. The summed E-state index contributed by atoms with van der Waals surface area (Å²) < 4.78 is 13.2. The second-order valence-electron chi connectivity index (χ2n) is 4.72. The fourth-order valence-corrected chi connectivity index (χ4v) is 2.22. The van der Waals surface area contributed by atoms with Crippen LogP contribution in [0.15, 0.2) is 18.2 Å². The highest BCUT2D eigenvalue weighted by molar-refractivity contribution is 5.94. The molecule has 1 aromatic carbocycles. The van der Waals surface area contributed by atoms with E-state index >= 15 is 0 Å². The van der Waals surface area contributed by atoms with Gasteiger partial charge < -0.3 is 16.0 Å². The molecule has 0 saturated carbocycles. The fourth-order valence-electron chi connectivity index (χ4n) is 2.22. The maximum absolute atomic E-state index is 13.2. The average molecular weight is 251 g/mol. The summed E-state index contributed by atoms with van der Waals surface area (Å²) in [6, 6.07) is 4.49. The molecule has 0 aromatic heterocycles. The first-order valence-corrected chi connectivity index (χ1v) is 6.11. The van der Waals surface area contributed by atoms with Crippen molar-refractivity contribution in [3.63, 3.8) is 0 Å². The van der Waals surface area contributed by atoms with Crippen LogP contribution >= 0.6 is 0 Å². The van der Waals surface area contributed by atoms with E-state index < -0.39 is 5.82 Å². The van der Waals surface area contributed by atoms with Crippen molar-refractivity contribution in [2.75, 3.05) is 25.9 Å². The SMILES string of the molecule is CN1CCCC1CNC(=O)c1ccc(N)c(F)c1. The van der Waals surface area contributed by atoms with Crippen molar-refractivity contribution in [1.29, 1.82) is 0 Å². The Morgan fingerprint density at radius 1 is 1.61 bits per heavy atom. The summed E-state index contributed by atoms with van der Waals surface area (Å²) in [4.78, 5) is 14.1. The second kappa shape index (κ2) is 5.35. The number of rotatable bonds is 3. The Bertz CT molecular complexity index is 450. The molecule has 18 heavy (non-hydrogen) atoms. The van der Waals surface area contributed by atoms with Crippen molar-refractivity contribution in [3.05, 3.63) is 29.6 Å². The van der Waals surface area contributed by atoms with Gasteiger partial charge in [0.2, 0.25) is 0 Å². The van der Waals surface area contributed by atoms with E-state index in [0.717, 1.165) is 19.4 Å². The second-order valence-corrected chi connectivity index (χ2v) is 4.72. The summed E-state index contributed by atoms with van der Waals surface area (Å²) in [5, 5.41) is 2.83. The third-order valence-corrected chi connectivity index (χ3v) is 3.43. The van der Waals surface area contributed by atoms with Crippen LogP contribution < -0.4 is 11.1 Å². The molecule has 4 nitrogen and oxygen atoms in total. The first kappa shape index (κ1) is 12.8. The highest BCUT2D eigenvalue weighted by Crippen LogP contribution is 2.14. The summed E-state index contributed by atoms with van der Waals surface area (Å²) >= 11 is 0. The Labute approximate surface area is 106 Å². The predicted octanol–water partition coefficient (Wildman–Crippen LogP) is 1.23. The number of halogens is 1. The number of nitrogen functional groups attached to an aromatic ring is 1. The number of hydrogen-bond donors (Lipinski definition) is 2. The van der Waals surface area contributed by atoms with Gasteiger partial charge in [-0.05, 0) is 44.6 Å². The van der Waals surface area contributed by atoms with Gasteiger partial charge in [0.25, 0.3) is 5.91 Å². The predicted molar refractivity (Wildman–Crippen MR) is 68.8 cm³/mol. The summed E-state index contributed by atoms with van der Waals surface area (Å²) in [5.41, 5.74) is 5.73. The molecule has 0 spiro atoms. The zero-order chi connectivity index (χ0) is 13.1. The van der Waals surface area contributed by atoms with Gasteiger partial charge in [-0.1, -0.05) is 0 Å². The fraction of sp³-hybridized carbons (Fsp3) is 0.462. The Hall–Kier alpha value is -1.62. The molecule has 1 saturated heterocycles. The number of carbonyl (C=O) groups is 1. The van der Waals surface area contributed by atoms with Crippen molar-refractivity contribution in [3.8, 4) is 0 Å². The molecule has 1 aliphatic heterocycles. The number of anilines is 1. The molecule has 1 amide bonds. The number of nitrogens with zero attached hydrogens (tertiary/aromatic N) is 1. The highest BCUT2D eigenvalue weighted by Gasteiger charge is 2.21. The Morgan fingerprint density at radius 2 is 2.39 bits per heavy atom. The number of hydrogen-bond acceptors (Lipinski definition) is 3. The molecular formula is C13H18FN3O. The quantitative estimate of drug-likeness (QED) is 0.794. The van der Waals surface area contributed by atoms with E-state index in [9.17, 15) is 9.18 Å². The molecule has 1 atom stereocenters. The lowest BCUT2D eigenvalue weighted by Gasteiger charge is -2.19. The van der Waals surface area contributed by atoms with Crippen molar-refractivity contribution >= 4 is 11.6 Å². The molecule has 1 aromatic rings. The Balaban J connectivity index is 1.93. The van der Waals surface area contributed by atoms with Crippen molar-refractivity contribution in [2.24, 2.45) is 0 Å². The smallest absolute Gasteiger partial charge is 0.251 e. The van der Waals surface area contributed by atoms with Gasteiger partial charge in [0.05, 0.1) is 5.69 Å². The van der Waals surface area contributed by atoms with Gasteiger partial charge in [-0.2, -0.15) is 0 Å². The monoisotopic (exact) mass is 251 g/mol. The van der Waals surface area contributed by atoms with E-state index in [2.05, 4.69) is 10.2 Å². The third kappa shape index (κ3) is 2.79. The van der Waals surface area contributed by atoms with Gasteiger partial charge in [0, 0.05) is 18.2 Å². The molecule has 0 aliphatic carbocycles. The standard InChI is InChI=1S/C13H18FN3O/c1-17-6-2-3-10(17)8-16-13(18)9-4-5-12(15)11(14)7-9/h4-5,7,10H,2-3,6,8,15H2,1H3,(H,16,18). The third-order valence-electron chi connectivity index (χ3n) is 3.43. The first-order chi connectivity index (χ1) is 8.58. The number of carbonyl (C=O) groups excluding carboxylic acids is 1. The molecule has 2 rings (SSSR count). The minimum Gasteiger partial charge on any atom is -0.396 e. The molecule has 0 bridgehead atoms. The van der Waals surface area contributed by atoms with Crippen LogP contribution in [0.1, 0.15) is 23.2 Å². The number of benzene rings is 1. The van der Waals surface area contributed by atoms with Gasteiger partial charge in [0.15, 0.2) is 0 Å². The normalized spacial score (nSPS) is 20.0. The number of amides is 1. The van der Waals surface area contributed by atoms with Crippen LogP contribution in [0.5, 0.6) is 0 Å². The van der Waals surface area contributed by atoms with Crippen LogP contribution in [0.25, 0.3) is 0 Å². The number of nitrogens with two attached hydrogens (primary N) is 1. The average Bonchev–Trinajstić information content (AvgIpc) is 2.75. The molecule has 1 fully saturated rings. The van der Waals surface area contributed by atoms with Crippen molar-refractivity contribution in [2.45, 2.75) is 18.9 Å². The highest BCUT2D eigenvalue weighted by atomic mass is 19.1. The van der Waals surface area contributed by atoms with Gasteiger partial charge in [-0.15, -0.1) is 0 Å². The molecule has 0 radical (unpaired) electrons. The zero-order valence-corrected chi connectivity index (χ0v) is 10.4. The zero-order valence-electron chi connectivity index (χ0n) is 10.4. The molecule has 98 valence electrons. The molecule has 1 unspecified atom stereocenters. The minimum absolute atomic E-state index is 0.0575. The lowest BCUT2D eigenvalue weighted by molar-refractivity contribution is 0.0943. The lowest BCUT2D eigenvalue weighted by Crippen LogP contribution is -2.38. The minimum atomic E-state index is -0.555. The van der Waals surface area contributed by atoms with E-state index in [0.29, 0.717) is 18.2 Å². The molecule has 1 heterocycles. The van der Waals surface area contributed by atoms with Crippen LogP contribution in [-0.2, 0) is 0 Å². The Morgan fingerprint density at radius 3 is 3.00 bits per heavy atom. The van der Waals surface area contributed by atoms with Crippen LogP contribution in [0.3, 0.4) is 0 Å². The summed E-state index contributed by atoms with van der Waals surface area (Å²) in [5.74, 6) is -0.810. The Kier molecular flexibility index (Phi) is 3.81. The van der Waals surface area contributed by atoms with Gasteiger partial charge in [-0.25, -0.2) is 4.39 Å². The van der Waals surface area contributed by atoms with Gasteiger partial charge >= 0.3 is 0 Å². The van der Waals surface area contributed by atoms with Crippen molar-refractivity contribution < 1.29 is 9.18 Å². The van der Waals surface area contributed by atoms with E-state index in [-0.39, 0.29) is 11.6 Å². The number of likely N-dealkylation sites (tertiary alicyclic amines) is 1. The van der Waals surface area contributed by atoms with Crippen LogP contribution in [0, 0.1) is 5.82 Å². The summed E-state index contributed by atoms with van der Waals surface area (Å²) in [6.07, 6.45) is 2.25. The van der Waals surface area contributed by atoms with Gasteiger partial charge in [0.1, 0.15) is 5.82 Å². The van der Waals surface area contributed by atoms with Crippen LogP contribution in [-0.4, -0.2) is 37.0 Å². The first-order valence-electron chi connectivity index (χ1n) is 6.11. The molecule has 1 aliphatic rings. The van der Waals surface area contributed by atoms with E-state index in [1.54, 1.807) is 0 Å². The largest absolute Gasteiger partial charge is 0.396 e. The van der Waals surface area contributed by atoms with E-state index in [1.165, 1.54) is 18.2 Å².